The molecule has 1 heterocycles. The van der Waals surface area contributed by atoms with Crippen molar-refractivity contribution >= 4 is 0 Å². The topological polar surface area (TPSA) is 34.4 Å². The highest BCUT2D eigenvalue weighted by Crippen LogP contribution is 2.29. The quantitative estimate of drug-likeness (QED) is 0.690. The van der Waals surface area contributed by atoms with Crippen LogP contribution < -0.4 is 5.32 Å². The van der Waals surface area contributed by atoms with Crippen molar-refractivity contribution in [1.29, 1.82) is 0 Å². The predicted octanol–water partition coefficient (Wildman–Crippen LogP) is 3.79. The lowest BCUT2D eigenvalue weighted by Gasteiger charge is -2.24. The number of nitrogens with one attached hydrogen (secondary N) is 1. The van der Waals surface area contributed by atoms with Gasteiger partial charge in [-0.3, -0.25) is 0 Å². The van der Waals surface area contributed by atoms with E-state index < -0.39 is 0 Å². The van der Waals surface area contributed by atoms with Gasteiger partial charge in [-0.2, -0.15) is 0 Å². The van der Waals surface area contributed by atoms with Gasteiger partial charge in [-0.25, -0.2) is 0 Å². The highest BCUT2D eigenvalue weighted by atomic mass is 16.5. The van der Waals surface area contributed by atoms with Gasteiger partial charge in [-0.05, 0) is 38.3 Å². The first-order valence-corrected chi connectivity index (χ1v) is 7.66. The number of hydrogen-bond donors (Lipinski definition) is 1. The Morgan fingerprint density at radius 3 is 2.95 bits per heavy atom. The third-order valence-electron chi connectivity index (χ3n) is 3.95. The summed E-state index contributed by atoms with van der Waals surface area (Å²) in [6, 6.07) is 2.13. The Kier molecular flexibility index (Phi) is 5.93. The van der Waals surface area contributed by atoms with Crippen molar-refractivity contribution < 1.29 is 9.15 Å². The lowest BCUT2D eigenvalue weighted by molar-refractivity contribution is 0.0832. The van der Waals surface area contributed by atoms with E-state index in [4.69, 9.17) is 9.15 Å². The molecule has 1 N–H and O–H groups in total. The molecule has 0 aromatic carbocycles. The first-order chi connectivity index (χ1) is 9.29. The zero-order chi connectivity index (χ0) is 13.5. The molecule has 0 atom stereocenters. The largest absolute Gasteiger partial charge is 0.464 e. The van der Waals surface area contributed by atoms with Crippen molar-refractivity contribution in [3.8, 4) is 0 Å². The van der Waals surface area contributed by atoms with Crippen LogP contribution in [0.1, 0.15) is 56.1 Å². The molecular weight excluding hydrogens is 238 g/mol. The van der Waals surface area contributed by atoms with Gasteiger partial charge in [0, 0.05) is 18.7 Å². The van der Waals surface area contributed by atoms with E-state index in [9.17, 15) is 0 Å². The maximum absolute atomic E-state index is 5.73. The molecular formula is C16H27NO2. The van der Waals surface area contributed by atoms with Crippen LogP contribution >= 0.6 is 0 Å². The molecule has 1 aromatic rings. The van der Waals surface area contributed by atoms with E-state index in [0.717, 1.165) is 43.6 Å². The van der Waals surface area contributed by atoms with Crippen molar-refractivity contribution in [2.24, 2.45) is 5.92 Å². The molecule has 1 saturated carbocycles. The van der Waals surface area contributed by atoms with Crippen molar-refractivity contribution in [2.75, 3.05) is 13.2 Å². The monoisotopic (exact) mass is 265 g/mol. The van der Waals surface area contributed by atoms with E-state index >= 15 is 0 Å². The maximum atomic E-state index is 5.73. The van der Waals surface area contributed by atoms with Crippen LogP contribution in [0.5, 0.6) is 0 Å². The fourth-order valence-corrected chi connectivity index (χ4v) is 2.44. The molecule has 1 fully saturated rings. The molecule has 3 nitrogen and oxygen atoms in total. The van der Waals surface area contributed by atoms with E-state index in [-0.39, 0.29) is 0 Å². The molecule has 0 spiro atoms. The van der Waals surface area contributed by atoms with Gasteiger partial charge in [0.2, 0.25) is 0 Å². The van der Waals surface area contributed by atoms with E-state index in [1.165, 1.54) is 31.2 Å². The minimum Gasteiger partial charge on any atom is -0.464 e. The lowest BCUT2D eigenvalue weighted by atomic mass is 9.83. The van der Waals surface area contributed by atoms with Crippen LogP contribution in [0.15, 0.2) is 10.5 Å². The average Bonchev–Trinajstić information content (AvgIpc) is 2.68. The van der Waals surface area contributed by atoms with Crippen LogP contribution in [-0.2, 0) is 17.9 Å². The molecule has 1 aliphatic rings. The van der Waals surface area contributed by atoms with Crippen LogP contribution in [0.2, 0.25) is 0 Å². The molecule has 0 amide bonds. The normalized spacial score (nSPS) is 15.7. The lowest BCUT2D eigenvalue weighted by Crippen LogP contribution is -2.13. The highest BCUT2D eigenvalue weighted by molar-refractivity contribution is 5.20. The van der Waals surface area contributed by atoms with Gasteiger partial charge in [-0.1, -0.05) is 26.2 Å². The summed E-state index contributed by atoms with van der Waals surface area (Å²) in [6.07, 6.45) is 6.59. The Hall–Kier alpha value is -0.800. The summed E-state index contributed by atoms with van der Waals surface area (Å²) in [5.74, 6) is 2.90. The van der Waals surface area contributed by atoms with Crippen LogP contribution in [-0.4, -0.2) is 13.2 Å². The second-order valence-electron chi connectivity index (χ2n) is 5.61. The minimum absolute atomic E-state index is 0.612. The van der Waals surface area contributed by atoms with Gasteiger partial charge in [0.25, 0.3) is 0 Å². The van der Waals surface area contributed by atoms with E-state index in [1.807, 2.05) is 6.92 Å². The number of aryl methyl sites for hydroxylation is 1. The SMILES string of the molecule is CCCNCc1cc(COCCC2CCC2)oc1C. The molecule has 1 aromatic heterocycles. The number of hydrogen-bond acceptors (Lipinski definition) is 3. The number of rotatable bonds is 9. The standard InChI is InChI=1S/C16H27NO2/c1-3-8-17-11-15-10-16(19-13(15)2)12-18-9-7-14-5-4-6-14/h10,14,17H,3-9,11-12H2,1-2H3. The molecule has 108 valence electrons. The summed E-state index contributed by atoms with van der Waals surface area (Å²) >= 11 is 0. The Morgan fingerprint density at radius 2 is 2.26 bits per heavy atom. The van der Waals surface area contributed by atoms with E-state index in [1.54, 1.807) is 0 Å². The van der Waals surface area contributed by atoms with Gasteiger partial charge in [0.15, 0.2) is 0 Å². The molecule has 0 saturated heterocycles. The Morgan fingerprint density at radius 1 is 1.42 bits per heavy atom. The molecule has 1 aliphatic carbocycles. The van der Waals surface area contributed by atoms with Gasteiger partial charge < -0.3 is 14.5 Å². The smallest absolute Gasteiger partial charge is 0.130 e. The second kappa shape index (κ2) is 7.71. The van der Waals surface area contributed by atoms with Gasteiger partial charge in [0.05, 0.1) is 0 Å². The molecule has 0 radical (unpaired) electrons. The van der Waals surface area contributed by atoms with E-state index in [2.05, 4.69) is 18.3 Å². The van der Waals surface area contributed by atoms with Crippen LogP contribution in [0, 0.1) is 12.8 Å². The van der Waals surface area contributed by atoms with Crippen molar-refractivity contribution in [1.82, 2.24) is 5.32 Å². The molecule has 0 aliphatic heterocycles. The zero-order valence-electron chi connectivity index (χ0n) is 12.3. The highest BCUT2D eigenvalue weighted by Gasteiger charge is 2.16. The number of ether oxygens (including phenoxy) is 1. The van der Waals surface area contributed by atoms with Crippen LogP contribution in [0.25, 0.3) is 0 Å². The molecule has 0 bridgehead atoms. The average molecular weight is 265 g/mol. The summed E-state index contributed by atoms with van der Waals surface area (Å²) in [7, 11) is 0. The third-order valence-corrected chi connectivity index (χ3v) is 3.95. The number of furan rings is 1. The molecule has 0 unspecified atom stereocenters. The Balaban J connectivity index is 1.66. The fraction of sp³-hybridized carbons (Fsp3) is 0.750. The first-order valence-electron chi connectivity index (χ1n) is 7.66. The minimum atomic E-state index is 0.612. The molecule has 2 rings (SSSR count). The summed E-state index contributed by atoms with van der Waals surface area (Å²) in [4.78, 5) is 0. The Labute approximate surface area is 116 Å². The summed E-state index contributed by atoms with van der Waals surface area (Å²) in [5, 5.41) is 3.40. The second-order valence-corrected chi connectivity index (χ2v) is 5.61. The zero-order valence-corrected chi connectivity index (χ0v) is 12.3. The molecule has 19 heavy (non-hydrogen) atoms. The van der Waals surface area contributed by atoms with Gasteiger partial charge in [-0.15, -0.1) is 0 Å². The first kappa shape index (κ1) is 14.6. The Bertz CT molecular complexity index is 369. The van der Waals surface area contributed by atoms with Crippen LogP contribution in [0.4, 0.5) is 0 Å². The van der Waals surface area contributed by atoms with Crippen molar-refractivity contribution in [2.45, 2.75) is 59.1 Å². The van der Waals surface area contributed by atoms with Crippen LogP contribution in [0.3, 0.4) is 0 Å². The van der Waals surface area contributed by atoms with Crippen molar-refractivity contribution in [3.63, 3.8) is 0 Å². The van der Waals surface area contributed by atoms with Crippen molar-refractivity contribution in [3.05, 3.63) is 23.2 Å². The predicted molar refractivity (Wildman–Crippen MR) is 77.1 cm³/mol. The van der Waals surface area contributed by atoms with E-state index in [0.29, 0.717) is 6.61 Å². The van der Waals surface area contributed by atoms with Gasteiger partial charge >= 0.3 is 0 Å². The summed E-state index contributed by atoms with van der Waals surface area (Å²) in [6.45, 7) is 7.63. The summed E-state index contributed by atoms with van der Waals surface area (Å²) in [5.41, 5.74) is 1.26. The third kappa shape index (κ3) is 4.66. The summed E-state index contributed by atoms with van der Waals surface area (Å²) < 4.78 is 11.4. The fourth-order valence-electron chi connectivity index (χ4n) is 2.44. The maximum Gasteiger partial charge on any atom is 0.130 e. The van der Waals surface area contributed by atoms with Gasteiger partial charge in [0.1, 0.15) is 18.1 Å². The molecule has 3 heteroatoms.